The van der Waals surface area contributed by atoms with E-state index in [-0.39, 0.29) is 23.9 Å². The van der Waals surface area contributed by atoms with Crippen LogP contribution < -0.4 is 5.32 Å². The summed E-state index contributed by atoms with van der Waals surface area (Å²) in [6.07, 6.45) is -0.0377. The molecule has 2 aromatic carbocycles. The number of nitrogens with one attached hydrogen (secondary N) is 1. The number of likely N-dealkylation sites (N-methyl/N-ethyl adjacent to an activating group) is 1. The van der Waals surface area contributed by atoms with Crippen molar-refractivity contribution in [3.8, 4) is 0 Å². The van der Waals surface area contributed by atoms with Crippen LogP contribution in [0.2, 0.25) is 0 Å². The summed E-state index contributed by atoms with van der Waals surface area (Å²) in [5.41, 5.74) is 1.74. The molecule has 0 saturated carbocycles. The van der Waals surface area contributed by atoms with E-state index in [9.17, 15) is 19.7 Å². The fraction of sp³-hybridized carbons (Fsp3) is 0.222. The van der Waals surface area contributed by atoms with Crippen molar-refractivity contribution >= 4 is 17.5 Å². The van der Waals surface area contributed by atoms with Crippen molar-refractivity contribution in [3.63, 3.8) is 0 Å². The number of para-hydroxylation sites is 1. The Morgan fingerprint density at radius 1 is 1.12 bits per heavy atom. The minimum Gasteiger partial charge on any atom is -0.355 e. The molecule has 25 heavy (non-hydrogen) atoms. The van der Waals surface area contributed by atoms with Crippen LogP contribution in [0.5, 0.6) is 0 Å². The first kappa shape index (κ1) is 18.1. The third kappa shape index (κ3) is 4.63. The van der Waals surface area contributed by atoms with Crippen LogP contribution in [0.25, 0.3) is 0 Å². The van der Waals surface area contributed by atoms with Gasteiger partial charge < -0.3 is 10.2 Å². The molecule has 0 unspecified atom stereocenters. The fourth-order valence-corrected chi connectivity index (χ4v) is 2.40. The predicted octanol–water partition coefficient (Wildman–Crippen LogP) is 2.16. The van der Waals surface area contributed by atoms with Gasteiger partial charge in [-0.3, -0.25) is 19.7 Å². The number of rotatable bonds is 6. The van der Waals surface area contributed by atoms with Crippen LogP contribution in [0.15, 0.2) is 48.5 Å². The fourth-order valence-electron chi connectivity index (χ4n) is 2.40. The van der Waals surface area contributed by atoms with Crippen molar-refractivity contribution < 1.29 is 14.5 Å². The monoisotopic (exact) mass is 341 g/mol. The Morgan fingerprint density at radius 3 is 2.36 bits per heavy atom. The van der Waals surface area contributed by atoms with Crippen LogP contribution in [0.3, 0.4) is 0 Å². The standard InChI is InChI=1S/C18H19N3O4/c1-19-18(23)14-9-7-13(8-10-14)12-20(2)17(22)11-15-5-3-4-6-16(15)21(24)25/h3-10H,11-12H2,1-2H3,(H,19,23). The molecule has 0 heterocycles. The van der Waals surface area contributed by atoms with Gasteiger partial charge in [0.1, 0.15) is 0 Å². The number of benzene rings is 2. The molecule has 1 N–H and O–H groups in total. The topological polar surface area (TPSA) is 92.6 Å². The smallest absolute Gasteiger partial charge is 0.273 e. The van der Waals surface area contributed by atoms with E-state index in [2.05, 4.69) is 5.32 Å². The molecule has 7 heteroatoms. The van der Waals surface area contributed by atoms with Crippen LogP contribution in [-0.4, -0.2) is 35.7 Å². The molecule has 0 aliphatic heterocycles. The number of hydrogen-bond acceptors (Lipinski definition) is 4. The van der Waals surface area contributed by atoms with Crippen molar-refractivity contribution in [2.45, 2.75) is 13.0 Å². The third-order valence-electron chi connectivity index (χ3n) is 3.82. The highest BCUT2D eigenvalue weighted by Crippen LogP contribution is 2.19. The Kier molecular flexibility index (Phi) is 5.84. The van der Waals surface area contributed by atoms with Crippen LogP contribution in [-0.2, 0) is 17.8 Å². The molecule has 0 atom stereocenters. The number of hydrogen-bond donors (Lipinski definition) is 1. The molecule has 0 aromatic heterocycles. The Bertz CT molecular complexity index is 787. The average molecular weight is 341 g/mol. The first-order valence-electron chi connectivity index (χ1n) is 7.69. The molecule has 0 spiro atoms. The van der Waals surface area contributed by atoms with Crippen molar-refractivity contribution in [3.05, 3.63) is 75.3 Å². The van der Waals surface area contributed by atoms with Gasteiger partial charge in [0, 0.05) is 37.8 Å². The molecule has 0 fully saturated rings. The van der Waals surface area contributed by atoms with Crippen LogP contribution in [0.1, 0.15) is 21.5 Å². The van der Waals surface area contributed by atoms with Crippen molar-refractivity contribution in [2.24, 2.45) is 0 Å². The second-order valence-electron chi connectivity index (χ2n) is 5.59. The summed E-state index contributed by atoms with van der Waals surface area (Å²) in [6, 6.07) is 13.2. The number of nitro benzene ring substituents is 1. The first-order valence-corrected chi connectivity index (χ1v) is 7.69. The normalized spacial score (nSPS) is 10.2. The van der Waals surface area contributed by atoms with Gasteiger partial charge in [0.05, 0.1) is 11.3 Å². The first-order chi connectivity index (χ1) is 11.9. The Labute approximate surface area is 145 Å². The van der Waals surface area contributed by atoms with Gasteiger partial charge in [-0.15, -0.1) is 0 Å². The van der Waals surface area contributed by atoms with Crippen LogP contribution in [0, 0.1) is 10.1 Å². The van der Waals surface area contributed by atoms with E-state index in [1.807, 2.05) is 0 Å². The lowest BCUT2D eigenvalue weighted by Crippen LogP contribution is -2.28. The van der Waals surface area contributed by atoms with Crippen molar-refractivity contribution in [1.29, 1.82) is 0 Å². The molecule has 0 aliphatic rings. The molecular formula is C18H19N3O4. The SMILES string of the molecule is CNC(=O)c1ccc(CN(C)C(=O)Cc2ccccc2[N+](=O)[O-])cc1. The Hall–Kier alpha value is -3.22. The quantitative estimate of drug-likeness (QED) is 0.644. The van der Waals surface area contributed by atoms with Gasteiger partial charge in [-0.1, -0.05) is 30.3 Å². The van der Waals surface area contributed by atoms with Gasteiger partial charge in [0.15, 0.2) is 0 Å². The molecule has 0 bridgehead atoms. The highest BCUT2D eigenvalue weighted by molar-refractivity contribution is 5.93. The largest absolute Gasteiger partial charge is 0.355 e. The van der Waals surface area contributed by atoms with E-state index in [1.165, 1.54) is 11.0 Å². The molecule has 0 saturated heterocycles. The average Bonchev–Trinajstić information content (AvgIpc) is 2.61. The number of carbonyl (C=O) groups is 2. The Balaban J connectivity index is 2.03. The third-order valence-corrected chi connectivity index (χ3v) is 3.82. The zero-order chi connectivity index (χ0) is 18.4. The highest BCUT2D eigenvalue weighted by Gasteiger charge is 2.18. The summed E-state index contributed by atoms with van der Waals surface area (Å²) in [5.74, 6) is -0.392. The molecule has 2 aromatic rings. The van der Waals surface area contributed by atoms with Crippen molar-refractivity contribution in [1.82, 2.24) is 10.2 Å². The van der Waals surface area contributed by atoms with E-state index in [0.717, 1.165) is 5.56 Å². The predicted molar refractivity (Wildman–Crippen MR) is 93.1 cm³/mol. The summed E-state index contributed by atoms with van der Waals surface area (Å²) in [7, 11) is 3.20. The lowest BCUT2D eigenvalue weighted by Gasteiger charge is -2.17. The summed E-state index contributed by atoms with van der Waals surface area (Å²) in [4.78, 5) is 35.9. The molecule has 0 radical (unpaired) electrons. The minimum atomic E-state index is -0.486. The van der Waals surface area contributed by atoms with Gasteiger partial charge in [-0.05, 0) is 17.7 Å². The van der Waals surface area contributed by atoms with Gasteiger partial charge >= 0.3 is 0 Å². The number of nitrogens with zero attached hydrogens (tertiary/aromatic N) is 2. The maximum Gasteiger partial charge on any atom is 0.273 e. The van der Waals surface area contributed by atoms with Crippen molar-refractivity contribution in [2.75, 3.05) is 14.1 Å². The summed E-state index contributed by atoms with van der Waals surface area (Å²) in [5, 5.41) is 13.6. The number of nitro groups is 1. The van der Waals surface area contributed by atoms with E-state index in [4.69, 9.17) is 0 Å². The lowest BCUT2D eigenvalue weighted by molar-refractivity contribution is -0.385. The van der Waals surface area contributed by atoms with Gasteiger partial charge in [0.2, 0.25) is 5.91 Å². The molecule has 7 nitrogen and oxygen atoms in total. The Morgan fingerprint density at radius 2 is 1.76 bits per heavy atom. The number of carbonyl (C=O) groups excluding carboxylic acids is 2. The lowest BCUT2D eigenvalue weighted by atomic mass is 10.1. The van der Waals surface area contributed by atoms with Crippen LogP contribution >= 0.6 is 0 Å². The molecule has 2 rings (SSSR count). The van der Waals surface area contributed by atoms with E-state index >= 15 is 0 Å². The van der Waals surface area contributed by atoms with Gasteiger partial charge in [-0.25, -0.2) is 0 Å². The molecule has 2 amide bonds. The van der Waals surface area contributed by atoms with Gasteiger partial charge in [-0.2, -0.15) is 0 Å². The van der Waals surface area contributed by atoms with Crippen LogP contribution in [0.4, 0.5) is 5.69 Å². The van der Waals surface area contributed by atoms with E-state index < -0.39 is 4.92 Å². The molecule has 0 aliphatic carbocycles. The summed E-state index contributed by atoms with van der Waals surface area (Å²) in [6.45, 7) is 0.355. The summed E-state index contributed by atoms with van der Waals surface area (Å²) >= 11 is 0. The maximum absolute atomic E-state index is 12.4. The van der Waals surface area contributed by atoms with E-state index in [0.29, 0.717) is 17.7 Å². The minimum absolute atomic E-state index is 0.0377. The number of amides is 2. The summed E-state index contributed by atoms with van der Waals surface area (Å²) < 4.78 is 0. The van der Waals surface area contributed by atoms with E-state index in [1.54, 1.807) is 56.6 Å². The second kappa shape index (κ2) is 8.05. The van der Waals surface area contributed by atoms with Gasteiger partial charge in [0.25, 0.3) is 11.6 Å². The molecular weight excluding hydrogens is 322 g/mol. The highest BCUT2D eigenvalue weighted by atomic mass is 16.6. The zero-order valence-corrected chi connectivity index (χ0v) is 14.1. The maximum atomic E-state index is 12.4. The molecule has 130 valence electrons. The zero-order valence-electron chi connectivity index (χ0n) is 14.1. The second-order valence-corrected chi connectivity index (χ2v) is 5.59.